The van der Waals surface area contributed by atoms with E-state index in [2.05, 4.69) is 76.3 Å². The van der Waals surface area contributed by atoms with Crippen molar-refractivity contribution in [1.82, 2.24) is 10.2 Å². The SMILES string of the molecule is CN(C)CCNC(C)(CO)c1ccc(C(C)(C)C)cc1. The summed E-state index contributed by atoms with van der Waals surface area (Å²) in [6.07, 6.45) is 0. The Morgan fingerprint density at radius 1 is 1.00 bits per heavy atom. The van der Waals surface area contributed by atoms with Crippen molar-refractivity contribution in [3.05, 3.63) is 35.4 Å². The molecule has 1 aromatic rings. The van der Waals surface area contributed by atoms with Gasteiger partial charge in [0.05, 0.1) is 12.1 Å². The van der Waals surface area contributed by atoms with Gasteiger partial charge in [0.1, 0.15) is 0 Å². The fraction of sp³-hybridized carbons (Fsp3) is 0.647. The van der Waals surface area contributed by atoms with Gasteiger partial charge in [-0.25, -0.2) is 0 Å². The van der Waals surface area contributed by atoms with Gasteiger partial charge >= 0.3 is 0 Å². The zero-order valence-electron chi connectivity index (χ0n) is 13.8. The number of rotatable bonds is 6. The molecule has 20 heavy (non-hydrogen) atoms. The first-order chi connectivity index (χ1) is 9.19. The van der Waals surface area contributed by atoms with Crippen LogP contribution in [0.2, 0.25) is 0 Å². The first-order valence-electron chi connectivity index (χ1n) is 7.31. The summed E-state index contributed by atoms with van der Waals surface area (Å²) in [6, 6.07) is 8.58. The first-order valence-corrected chi connectivity index (χ1v) is 7.31. The molecule has 0 saturated carbocycles. The van der Waals surface area contributed by atoms with E-state index < -0.39 is 0 Å². The number of likely N-dealkylation sites (N-methyl/N-ethyl adjacent to an activating group) is 1. The average molecular weight is 278 g/mol. The van der Waals surface area contributed by atoms with E-state index in [0.29, 0.717) is 0 Å². The summed E-state index contributed by atoms with van der Waals surface area (Å²) in [4.78, 5) is 2.13. The summed E-state index contributed by atoms with van der Waals surface area (Å²) < 4.78 is 0. The number of benzene rings is 1. The average Bonchev–Trinajstić information content (AvgIpc) is 2.37. The van der Waals surface area contributed by atoms with Crippen LogP contribution < -0.4 is 5.32 Å². The van der Waals surface area contributed by atoms with Gasteiger partial charge in [-0.15, -0.1) is 0 Å². The van der Waals surface area contributed by atoms with Gasteiger partial charge in [0.25, 0.3) is 0 Å². The van der Waals surface area contributed by atoms with E-state index in [0.717, 1.165) is 18.7 Å². The zero-order chi connectivity index (χ0) is 15.4. The summed E-state index contributed by atoms with van der Waals surface area (Å²) in [5.41, 5.74) is 2.22. The quantitative estimate of drug-likeness (QED) is 0.838. The van der Waals surface area contributed by atoms with Crippen molar-refractivity contribution < 1.29 is 5.11 Å². The van der Waals surface area contributed by atoms with Gasteiger partial charge in [0.15, 0.2) is 0 Å². The predicted molar refractivity (Wildman–Crippen MR) is 86.1 cm³/mol. The van der Waals surface area contributed by atoms with Gasteiger partial charge in [-0.2, -0.15) is 0 Å². The maximum Gasteiger partial charge on any atom is 0.0652 e. The van der Waals surface area contributed by atoms with Crippen molar-refractivity contribution in [1.29, 1.82) is 0 Å². The normalized spacial score (nSPS) is 15.4. The Kier molecular flexibility index (Phi) is 5.75. The van der Waals surface area contributed by atoms with Gasteiger partial charge in [0.2, 0.25) is 0 Å². The van der Waals surface area contributed by atoms with Crippen molar-refractivity contribution in [2.24, 2.45) is 0 Å². The molecule has 1 unspecified atom stereocenters. The molecule has 0 aliphatic heterocycles. The number of hydrogen-bond donors (Lipinski definition) is 2. The molecule has 0 fully saturated rings. The van der Waals surface area contributed by atoms with E-state index in [-0.39, 0.29) is 17.6 Å². The number of aliphatic hydroxyl groups is 1. The van der Waals surface area contributed by atoms with E-state index in [9.17, 15) is 5.11 Å². The van der Waals surface area contributed by atoms with E-state index in [1.165, 1.54) is 5.56 Å². The maximum atomic E-state index is 9.76. The van der Waals surface area contributed by atoms with Crippen molar-refractivity contribution in [3.8, 4) is 0 Å². The Balaban J connectivity index is 2.83. The highest BCUT2D eigenvalue weighted by Crippen LogP contribution is 2.26. The third-order valence-electron chi connectivity index (χ3n) is 3.78. The highest BCUT2D eigenvalue weighted by atomic mass is 16.3. The standard InChI is InChI=1S/C17H30N2O/c1-16(2,3)14-7-9-15(10-8-14)17(4,13-20)18-11-12-19(5)6/h7-10,18,20H,11-13H2,1-6H3. The lowest BCUT2D eigenvalue weighted by atomic mass is 9.84. The van der Waals surface area contributed by atoms with Crippen LogP contribution in [0, 0.1) is 0 Å². The molecule has 0 aliphatic rings. The minimum absolute atomic E-state index is 0.0926. The Bertz CT molecular complexity index is 406. The number of aliphatic hydroxyl groups excluding tert-OH is 1. The van der Waals surface area contributed by atoms with Gasteiger partial charge in [-0.05, 0) is 37.6 Å². The van der Waals surface area contributed by atoms with Crippen LogP contribution in [0.1, 0.15) is 38.8 Å². The second-order valence-corrected chi connectivity index (χ2v) is 7.05. The molecule has 0 aromatic heterocycles. The summed E-state index contributed by atoms with van der Waals surface area (Å²) in [5, 5.41) is 13.2. The lowest BCUT2D eigenvalue weighted by Crippen LogP contribution is -2.45. The molecule has 1 aromatic carbocycles. The molecule has 114 valence electrons. The molecule has 0 bridgehead atoms. The largest absolute Gasteiger partial charge is 0.394 e. The first kappa shape index (κ1) is 17.2. The van der Waals surface area contributed by atoms with E-state index in [1.807, 2.05) is 0 Å². The second kappa shape index (κ2) is 6.70. The van der Waals surface area contributed by atoms with E-state index >= 15 is 0 Å². The molecular weight excluding hydrogens is 248 g/mol. The Morgan fingerprint density at radius 3 is 1.90 bits per heavy atom. The minimum Gasteiger partial charge on any atom is -0.394 e. The maximum absolute atomic E-state index is 9.76. The third kappa shape index (κ3) is 4.58. The molecule has 0 radical (unpaired) electrons. The molecular formula is C17H30N2O. The lowest BCUT2D eigenvalue weighted by Gasteiger charge is -2.31. The van der Waals surface area contributed by atoms with Gasteiger partial charge < -0.3 is 15.3 Å². The Labute approximate surface area is 124 Å². The fourth-order valence-electron chi connectivity index (χ4n) is 2.14. The van der Waals surface area contributed by atoms with Crippen LogP contribution in [0.3, 0.4) is 0 Å². The van der Waals surface area contributed by atoms with Crippen LogP contribution >= 0.6 is 0 Å². The van der Waals surface area contributed by atoms with Crippen molar-refractivity contribution in [3.63, 3.8) is 0 Å². The molecule has 0 heterocycles. The molecule has 0 aliphatic carbocycles. The van der Waals surface area contributed by atoms with Crippen LogP contribution in [0.4, 0.5) is 0 Å². The molecule has 0 spiro atoms. The molecule has 0 saturated heterocycles. The smallest absolute Gasteiger partial charge is 0.0652 e. The highest BCUT2D eigenvalue weighted by Gasteiger charge is 2.25. The Hall–Kier alpha value is -0.900. The minimum atomic E-state index is -0.383. The van der Waals surface area contributed by atoms with Crippen LogP contribution in [-0.4, -0.2) is 43.8 Å². The second-order valence-electron chi connectivity index (χ2n) is 7.05. The van der Waals surface area contributed by atoms with Gasteiger partial charge in [-0.1, -0.05) is 45.0 Å². The van der Waals surface area contributed by atoms with E-state index in [4.69, 9.17) is 0 Å². The molecule has 1 rings (SSSR count). The Morgan fingerprint density at radius 2 is 1.50 bits per heavy atom. The van der Waals surface area contributed by atoms with Crippen molar-refractivity contribution in [2.45, 2.75) is 38.6 Å². The summed E-state index contributed by atoms with van der Waals surface area (Å²) >= 11 is 0. The summed E-state index contributed by atoms with van der Waals surface area (Å²) in [5.74, 6) is 0. The van der Waals surface area contributed by atoms with Crippen molar-refractivity contribution >= 4 is 0 Å². The summed E-state index contributed by atoms with van der Waals surface area (Å²) in [7, 11) is 4.10. The third-order valence-corrected chi connectivity index (χ3v) is 3.78. The number of nitrogens with one attached hydrogen (secondary N) is 1. The predicted octanol–water partition coefficient (Wildman–Crippen LogP) is 2.34. The molecule has 3 nitrogen and oxygen atoms in total. The molecule has 2 N–H and O–H groups in total. The van der Waals surface area contributed by atoms with Crippen LogP contribution in [-0.2, 0) is 11.0 Å². The zero-order valence-corrected chi connectivity index (χ0v) is 13.8. The fourth-order valence-corrected chi connectivity index (χ4v) is 2.14. The molecule has 1 atom stereocenters. The van der Waals surface area contributed by atoms with Crippen LogP contribution in [0.5, 0.6) is 0 Å². The van der Waals surface area contributed by atoms with Crippen LogP contribution in [0.25, 0.3) is 0 Å². The lowest BCUT2D eigenvalue weighted by molar-refractivity contribution is 0.172. The van der Waals surface area contributed by atoms with Gasteiger partial charge in [0, 0.05) is 13.1 Å². The topological polar surface area (TPSA) is 35.5 Å². The molecule has 0 amide bonds. The summed E-state index contributed by atoms with van der Waals surface area (Å²) in [6.45, 7) is 10.6. The van der Waals surface area contributed by atoms with Gasteiger partial charge in [-0.3, -0.25) is 0 Å². The number of nitrogens with zero attached hydrogens (tertiary/aromatic N) is 1. The highest BCUT2D eigenvalue weighted by molar-refractivity contribution is 5.31. The molecule has 3 heteroatoms. The number of hydrogen-bond acceptors (Lipinski definition) is 3. The van der Waals surface area contributed by atoms with Crippen molar-refractivity contribution in [2.75, 3.05) is 33.8 Å². The van der Waals surface area contributed by atoms with Crippen LogP contribution in [0.15, 0.2) is 24.3 Å². The monoisotopic (exact) mass is 278 g/mol. The van der Waals surface area contributed by atoms with E-state index in [1.54, 1.807) is 0 Å².